The third kappa shape index (κ3) is 7.05. The molecule has 3 atom stereocenters. The molecule has 3 unspecified atom stereocenters. The van der Waals surface area contributed by atoms with Crippen LogP contribution in [0.3, 0.4) is 0 Å². The van der Waals surface area contributed by atoms with Crippen LogP contribution in [0.4, 0.5) is 0 Å². The third-order valence-electron chi connectivity index (χ3n) is 2.24. The van der Waals surface area contributed by atoms with E-state index in [9.17, 15) is 14.5 Å². The first-order chi connectivity index (χ1) is 8.21. The highest BCUT2D eigenvalue weighted by Crippen LogP contribution is 2.32. The smallest absolute Gasteiger partial charge is 0.339 e. The molecule has 0 aromatic rings. The third-order valence-corrected chi connectivity index (χ3v) is 2.83. The first-order valence-corrected chi connectivity index (χ1v) is 7.35. The molecular formula is C9H20NO7P. The SMILES string of the molecule is CCC(O)OC(CC)C(NCP(=O)(O)O)C(=O)O. The summed E-state index contributed by atoms with van der Waals surface area (Å²) < 4.78 is 15.8. The first kappa shape index (κ1) is 17.5. The summed E-state index contributed by atoms with van der Waals surface area (Å²) >= 11 is 0. The lowest BCUT2D eigenvalue weighted by atomic mass is 10.1. The second kappa shape index (κ2) is 7.83. The Balaban J connectivity index is 4.63. The largest absolute Gasteiger partial charge is 0.480 e. The van der Waals surface area contributed by atoms with Crippen molar-refractivity contribution in [3.63, 3.8) is 0 Å². The number of hydrogen-bond donors (Lipinski definition) is 5. The molecule has 18 heavy (non-hydrogen) atoms. The molecule has 0 aliphatic carbocycles. The van der Waals surface area contributed by atoms with Crippen molar-refractivity contribution in [2.45, 2.75) is 45.1 Å². The van der Waals surface area contributed by atoms with E-state index in [0.717, 1.165) is 0 Å². The van der Waals surface area contributed by atoms with E-state index in [1.54, 1.807) is 13.8 Å². The minimum Gasteiger partial charge on any atom is -0.480 e. The highest BCUT2D eigenvalue weighted by molar-refractivity contribution is 7.51. The van der Waals surface area contributed by atoms with E-state index in [1.165, 1.54) is 0 Å². The van der Waals surface area contributed by atoms with Crippen molar-refractivity contribution in [2.24, 2.45) is 0 Å². The summed E-state index contributed by atoms with van der Waals surface area (Å²) in [6.45, 7) is 3.32. The van der Waals surface area contributed by atoms with E-state index >= 15 is 0 Å². The van der Waals surface area contributed by atoms with Crippen molar-refractivity contribution in [3.05, 3.63) is 0 Å². The molecule has 8 nitrogen and oxygen atoms in total. The molecule has 0 rings (SSSR count). The Morgan fingerprint density at radius 3 is 2.22 bits per heavy atom. The predicted molar refractivity (Wildman–Crippen MR) is 62.9 cm³/mol. The van der Waals surface area contributed by atoms with Crippen LogP contribution in [-0.4, -0.2) is 50.7 Å². The average Bonchev–Trinajstić information content (AvgIpc) is 2.25. The number of rotatable bonds is 9. The van der Waals surface area contributed by atoms with E-state index in [-0.39, 0.29) is 6.42 Å². The number of aliphatic carboxylic acids is 1. The molecule has 0 fully saturated rings. The zero-order chi connectivity index (χ0) is 14.3. The van der Waals surface area contributed by atoms with Gasteiger partial charge in [-0.1, -0.05) is 13.8 Å². The molecule has 0 spiro atoms. The van der Waals surface area contributed by atoms with Crippen molar-refractivity contribution in [2.75, 3.05) is 6.29 Å². The van der Waals surface area contributed by atoms with Crippen molar-refractivity contribution >= 4 is 13.6 Å². The van der Waals surface area contributed by atoms with Crippen molar-refractivity contribution < 1.29 is 34.1 Å². The zero-order valence-corrected chi connectivity index (χ0v) is 11.2. The number of hydrogen-bond acceptors (Lipinski definition) is 5. The van der Waals surface area contributed by atoms with Crippen molar-refractivity contribution in [3.8, 4) is 0 Å². The molecule has 0 aliphatic rings. The van der Waals surface area contributed by atoms with Gasteiger partial charge >= 0.3 is 13.6 Å². The summed E-state index contributed by atoms with van der Waals surface area (Å²) in [5.74, 6) is -1.29. The molecule has 9 heteroatoms. The maximum Gasteiger partial charge on any atom is 0.339 e. The van der Waals surface area contributed by atoms with Gasteiger partial charge in [0.05, 0.1) is 12.4 Å². The number of nitrogens with one attached hydrogen (secondary N) is 1. The molecule has 108 valence electrons. The summed E-state index contributed by atoms with van der Waals surface area (Å²) in [5.41, 5.74) is 0. The van der Waals surface area contributed by atoms with Gasteiger partial charge in [0.15, 0.2) is 6.29 Å². The highest BCUT2D eigenvalue weighted by Gasteiger charge is 2.30. The summed E-state index contributed by atoms with van der Waals surface area (Å²) in [4.78, 5) is 28.4. The molecule has 0 heterocycles. The number of aliphatic hydroxyl groups is 1. The predicted octanol–water partition coefficient (Wildman–Crippen LogP) is -0.312. The van der Waals surface area contributed by atoms with E-state index < -0.39 is 38.3 Å². The molecule has 5 N–H and O–H groups in total. The minimum absolute atomic E-state index is 0.280. The minimum atomic E-state index is -4.34. The Kier molecular flexibility index (Phi) is 7.61. The maximum atomic E-state index is 11.0. The molecule has 0 saturated heterocycles. The number of carboxylic acid groups (broad SMARTS) is 1. The van der Waals surface area contributed by atoms with Gasteiger partial charge in [-0.15, -0.1) is 0 Å². The molecule has 0 aliphatic heterocycles. The lowest BCUT2D eigenvalue weighted by Gasteiger charge is -2.26. The van der Waals surface area contributed by atoms with E-state index in [2.05, 4.69) is 5.32 Å². The summed E-state index contributed by atoms with van der Waals surface area (Å²) in [6, 6.07) is -1.29. The fourth-order valence-corrected chi connectivity index (χ4v) is 1.74. The van der Waals surface area contributed by atoms with Gasteiger partial charge in [-0.25, -0.2) is 0 Å². The molecule has 0 amide bonds. The molecule has 0 radical (unpaired) electrons. The Labute approximate surface area is 105 Å². The summed E-state index contributed by atoms with van der Waals surface area (Å²) in [7, 11) is -4.34. The highest BCUT2D eigenvalue weighted by atomic mass is 31.2. The first-order valence-electron chi connectivity index (χ1n) is 5.55. The monoisotopic (exact) mass is 285 g/mol. The fourth-order valence-electron chi connectivity index (χ4n) is 1.30. The number of carboxylic acids is 1. The maximum absolute atomic E-state index is 11.0. The Hall–Kier alpha value is -0.500. The lowest BCUT2D eigenvalue weighted by molar-refractivity contribution is -0.163. The number of ether oxygens (including phenoxy) is 1. The second-order valence-corrected chi connectivity index (χ2v) is 5.43. The normalized spacial score (nSPS) is 17.2. The van der Waals surface area contributed by atoms with Crippen LogP contribution < -0.4 is 5.32 Å². The molecule has 0 aromatic heterocycles. The van der Waals surface area contributed by atoms with Gasteiger partial charge in [-0.2, -0.15) is 0 Å². The Morgan fingerprint density at radius 2 is 1.89 bits per heavy atom. The average molecular weight is 285 g/mol. The Bertz CT molecular complexity index is 305. The van der Waals surface area contributed by atoms with E-state index in [1.807, 2.05) is 0 Å². The van der Waals surface area contributed by atoms with Crippen molar-refractivity contribution in [1.29, 1.82) is 0 Å². The van der Waals surface area contributed by atoms with Crippen LogP contribution in [-0.2, 0) is 14.1 Å². The van der Waals surface area contributed by atoms with Crippen LogP contribution in [0.15, 0.2) is 0 Å². The van der Waals surface area contributed by atoms with Crippen LogP contribution in [0.1, 0.15) is 26.7 Å². The number of aliphatic hydroxyl groups excluding tert-OH is 1. The van der Waals surface area contributed by atoms with Crippen LogP contribution in [0.25, 0.3) is 0 Å². The topological polar surface area (TPSA) is 136 Å². The van der Waals surface area contributed by atoms with Gasteiger partial charge in [0.1, 0.15) is 6.04 Å². The molecule has 0 aromatic carbocycles. The summed E-state index contributed by atoms with van der Waals surface area (Å²) in [5, 5.41) is 20.5. The van der Waals surface area contributed by atoms with Crippen LogP contribution in [0, 0.1) is 0 Å². The van der Waals surface area contributed by atoms with Crippen LogP contribution in [0.2, 0.25) is 0 Å². The van der Waals surface area contributed by atoms with Gasteiger partial charge in [0.25, 0.3) is 0 Å². The quantitative estimate of drug-likeness (QED) is 0.287. The van der Waals surface area contributed by atoms with Crippen LogP contribution in [0.5, 0.6) is 0 Å². The molecule has 0 bridgehead atoms. The summed E-state index contributed by atoms with van der Waals surface area (Å²) in [6.07, 6.45) is -2.16. The van der Waals surface area contributed by atoms with E-state index in [4.69, 9.17) is 19.6 Å². The Morgan fingerprint density at radius 1 is 1.33 bits per heavy atom. The zero-order valence-electron chi connectivity index (χ0n) is 10.3. The lowest BCUT2D eigenvalue weighted by Crippen LogP contribution is -2.48. The second-order valence-electron chi connectivity index (χ2n) is 3.79. The molecule has 0 saturated carbocycles. The van der Waals surface area contributed by atoms with Crippen LogP contribution >= 0.6 is 7.60 Å². The van der Waals surface area contributed by atoms with Gasteiger partial charge < -0.3 is 24.7 Å². The standard InChI is InChI=1S/C9H20NO7P/c1-3-6(17-7(11)4-2)8(9(12)13)10-5-18(14,15)16/h6-8,10-11H,3-5H2,1-2H3,(H,12,13)(H2,14,15,16). The van der Waals surface area contributed by atoms with Gasteiger partial charge in [0, 0.05) is 0 Å². The van der Waals surface area contributed by atoms with E-state index in [0.29, 0.717) is 6.42 Å². The fraction of sp³-hybridized carbons (Fsp3) is 0.889. The number of carbonyl (C=O) groups is 1. The van der Waals surface area contributed by atoms with Gasteiger partial charge in [-0.05, 0) is 12.8 Å². The van der Waals surface area contributed by atoms with Gasteiger partial charge in [0.2, 0.25) is 0 Å². The van der Waals surface area contributed by atoms with Gasteiger partial charge in [-0.3, -0.25) is 14.7 Å². The van der Waals surface area contributed by atoms with Crippen molar-refractivity contribution in [1.82, 2.24) is 5.32 Å². The molecular weight excluding hydrogens is 265 g/mol.